The summed E-state index contributed by atoms with van der Waals surface area (Å²) in [7, 11) is 0. The summed E-state index contributed by atoms with van der Waals surface area (Å²) < 4.78 is 17.3. The van der Waals surface area contributed by atoms with Crippen molar-refractivity contribution in [2.24, 2.45) is 0 Å². The molecule has 4 aliphatic rings. The van der Waals surface area contributed by atoms with Crippen LogP contribution in [0.5, 0.6) is 11.5 Å². The van der Waals surface area contributed by atoms with Gasteiger partial charge in [0.05, 0.1) is 6.61 Å². The number of halogens is 2. The molecule has 0 aliphatic carbocycles. The second-order valence-corrected chi connectivity index (χ2v) is 13.4. The summed E-state index contributed by atoms with van der Waals surface area (Å²) in [5.41, 5.74) is 12.4. The van der Waals surface area contributed by atoms with Gasteiger partial charge in [0.2, 0.25) is 0 Å². The Labute approximate surface area is 339 Å². The van der Waals surface area contributed by atoms with Gasteiger partial charge >= 0.3 is 35.7 Å². The number of ether oxygens (including phenoxy) is 3. The van der Waals surface area contributed by atoms with Gasteiger partial charge in [0.15, 0.2) is 0 Å². The van der Waals surface area contributed by atoms with Crippen LogP contribution >= 0.6 is 23.2 Å². The molecule has 7 nitrogen and oxygen atoms in total. The molecule has 4 aliphatic heterocycles. The third kappa shape index (κ3) is 9.08. The van der Waals surface area contributed by atoms with Crippen molar-refractivity contribution in [2.75, 3.05) is 32.8 Å². The van der Waals surface area contributed by atoms with E-state index in [2.05, 4.69) is 41.7 Å². The zero-order valence-electron chi connectivity index (χ0n) is 29.1. The molecule has 4 aromatic rings. The first-order chi connectivity index (χ1) is 24.0. The number of benzene rings is 4. The van der Waals surface area contributed by atoms with Crippen LogP contribution in [0.3, 0.4) is 0 Å². The zero-order chi connectivity index (χ0) is 33.7. The summed E-state index contributed by atoms with van der Waals surface area (Å²) in [6.07, 6.45) is 3.60. The minimum atomic E-state index is -0.224. The van der Waals surface area contributed by atoms with Crippen LogP contribution in [0.4, 0.5) is 4.79 Å². The van der Waals surface area contributed by atoms with Crippen molar-refractivity contribution in [1.29, 1.82) is 0 Å². The molecule has 1 amide bonds. The summed E-state index contributed by atoms with van der Waals surface area (Å²) >= 11 is 12.4. The molecule has 4 aromatic carbocycles. The maximum absolute atomic E-state index is 12.0. The topological polar surface area (TPSA) is 90.0 Å². The SMILES string of the molecule is C.CCOC(=O)N1CCC(=C2c3ccc(Cl)cc3COc3ccccc32)CC1.Clc1ccc2c(c1)COc1ccccc1C2=C1CCNCC1.[Na+].[OH-]. The standard InChI is InChI=1S/C22H22ClNO3.C19H18ClNO.CH4.Na.H2O/c1-2-26-22(25)24-11-9-15(10-12-24)21-18-8-7-17(23)13-16(18)14-27-20-6-4-3-5-19(20)21;20-15-5-6-16-14(11-15)12-22-18-4-2-1-3-17(18)19(16)13-7-9-21-10-8-13;;;/h3-8,13H,2,9-12,14H2,1H3;1-6,11,21H,7-10,12H2;1H4;;1H2/q;;;+1;/p-1. The Morgan fingerprint density at radius 2 is 1.17 bits per heavy atom. The maximum Gasteiger partial charge on any atom is 1.00 e. The van der Waals surface area contributed by atoms with Crippen LogP contribution < -0.4 is 44.3 Å². The van der Waals surface area contributed by atoms with Crippen LogP contribution in [-0.2, 0) is 18.0 Å². The molecule has 0 spiro atoms. The molecule has 8 rings (SSSR count). The van der Waals surface area contributed by atoms with Crippen molar-refractivity contribution in [1.82, 2.24) is 10.2 Å². The van der Waals surface area contributed by atoms with Crippen molar-refractivity contribution in [2.45, 2.75) is 53.2 Å². The fraction of sp³-hybridized carbons (Fsp3) is 0.310. The number of amides is 1. The molecule has 0 bridgehead atoms. The molecule has 52 heavy (non-hydrogen) atoms. The van der Waals surface area contributed by atoms with Gasteiger partial charge < -0.3 is 29.9 Å². The van der Waals surface area contributed by atoms with Gasteiger partial charge in [-0.3, -0.25) is 0 Å². The smallest absolute Gasteiger partial charge is 0.870 e. The van der Waals surface area contributed by atoms with Gasteiger partial charge in [0.25, 0.3) is 0 Å². The quantitative estimate of drug-likeness (QED) is 0.208. The average Bonchev–Trinajstić information content (AvgIpc) is 3.40. The first-order valence-corrected chi connectivity index (χ1v) is 17.8. The van der Waals surface area contributed by atoms with E-state index in [9.17, 15) is 4.79 Å². The van der Waals surface area contributed by atoms with Crippen LogP contribution in [0.1, 0.15) is 73.4 Å². The van der Waals surface area contributed by atoms with Crippen molar-refractivity contribution >= 4 is 40.4 Å². The Balaban J connectivity index is 0.000000224. The minimum absolute atomic E-state index is 0. The Hall–Kier alpha value is -3.27. The maximum atomic E-state index is 12.0. The summed E-state index contributed by atoms with van der Waals surface area (Å²) in [6, 6.07) is 28.7. The number of para-hydroxylation sites is 2. The number of nitrogens with zero attached hydrogens (tertiary/aromatic N) is 1. The van der Waals surface area contributed by atoms with Gasteiger partial charge in [-0.05, 0) is 115 Å². The first kappa shape index (κ1) is 41.5. The molecular weight excluding hydrogens is 706 g/mol. The fourth-order valence-electron chi connectivity index (χ4n) is 7.21. The molecule has 10 heteroatoms. The van der Waals surface area contributed by atoms with E-state index in [1.807, 2.05) is 55.5 Å². The summed E-state index contributed by atoms with van der Waals surface area (Å²) in [4.78, 5) is 13.8. The van der Waals surface area contributed by atoms with E-state index in [-0.39, 0.29) is 48.6 Å². The minimum Gasteiger partial charge on any atom is -0.870 e. The predicted molar refractivity (Wildman–Crippen MR) is 205 cm³/mol. The molecule has 0 atom stereocenters. The molecule has 2 N–H and O–H groups in total. The fourth-order valence-corrected chi connectivity index (χ4v) is 7.60. The van der Waals surface area contributed by atoms with Gasteiger partial charge in [-0.2, -0.15) is 0 Å². The van der Waals surface area contributed by atoms with E-state index < -0.39 is 0 Å². The Morgan fingerprint density at radius 3 is 1.65 bits per heavy atom. The molecule has 4 heterocycles. The van der Waals surface area contributed by atoms with E-state index in [0.29, 0.717) is 37.9 Å². The molecule has 268 valence electrons. The first-order valence-electron chi connectivity index (χ1n) is 17.1. The molecule has 0 aromatic heterocycles. The van der Waals surface area contributed by atoms with Crippen LogP contribution in [0, 0.1) is 0 Å². The number of fused-ring (bicyclic) bond motifs is 4. The number of hydrogen-bond donors (Lipinski definition) is 1. The van der Waals surface area contributed by atoms with Gasteiger partial charge in [0.1, 0.15) is 24.7 Å². The predicted octanol–water partition coefficient (Wildman–Crippen LogP) is 7.17. The summed E-state index contributed by atoms with van der Waals surface area (Å²) in [5, 5.41) is 4.92. The Morgan fingerprint density at radius 1 is 0.712 bits per heavy atom. The van der Waals surface area contributed by atoms with E-state index >= 15 is 0 Å². The second-order valence-electron chi connectivity index (χ2n) is 12.6. The molecule has 0 saturated carbocycles. The van der Waals surface area contributed by atoms with Gasteiger partial charge in [-0.1, -0.05) is 90.3 Å². The van der Waals surface area contributed by atoms with Crippen LogP contribution in [0.2, 0.25) is 10.0 Å². The molecular formula is C42H45Cl2N2NaO5. The van der Waals surface area contributed by atoms with Crippen molar-refractivity contribution in [3.63, 3.8) is 0 Å². The monoisotopic (exact) mass is 750 g/mol. The number of likely N-dealkylation sites (tertiary alicyclic amines) is 1. The number of hydrogen-bond acceptors (Lipinski definition) is 6. The number of rotatable bonds is 1. The molecule has 0 unspecified atom stereocenters. The third-order valence-electron chi connectivity index (χ3n) is 9.56. The Bertz CT molecular complexity index is 1930. The van der Waals surface area contributed by atoms with E-state index in [1.54, 1.807) is 4.90 Å². The second kappa shape index (κ2) is 19.2. The summed E-state index contributed by atoms with van der Waals surface area (Å²) in [5.74, 6) is 1.86. The molecule has 2 saturated heterocycles. The number of piperidine rings is 2. The van der Waals surface area contributed by atoms with E-state index in [4.69, 9.17) is 37.4 Å². The van der Waals surface area contributed by atoms with Crippen molar-refractivity contribution in [3.05, 3.63) is 140 Å². The van der Waals surface area contributed by atoms with E-state index in [1.165, 1.54) is 44.5 Å². The van der Waals surface area contributed by atoms with Crippen LogP contribution in [-0.4, -0.2) is 49.3 Å². The van der Waals surface area contributed by atoms with Gasteiger partial charge in [-0.25, -0.2) is 4.79 Å². The van der Waals surface area contributed by atoms with Gasteiger partial charge in [-0.15, -0.1) is 0 Å². The average molecular weight is 752 g/mol. The number of nitrogens with one attached hydrogen (secondary N) is 1. The van der Waals surface area contributed by atoms with Crippen LogP contribution in [0.15, 0.2) is 96.1 Å². The zero-order valence-corrected chi connectivity index (χ0v) is 32.7. The number of carbonyl (C=O) groups is 1. The number of carbonyl (C=O) groups excluding carboxylic acids is 1. The summed E-state index contributed by atoms with van der Waals surface area (Å²) in [6.45, 7) is 6.74. The molecule has 2 fully saturated rings. The van der Waals surface area contributed by atoms with Crippen molar-refractivity contribution in [3.8, 4) is 11.5 Å². The third-order valence-corrected chi connectivity index (χ3v) is 10.0. The largest absolute Gasteiger partial charge is 1.00 e. The van der Waals surface area contributed by atoms with Crippen molar-refractivity contribution < 1.29 is 54.0 Å². The van der Waals surface area contributed by atoms with Gasteiger partial charge in [0, 0.05) is 34.3 Å². The van der Waals surface area contributed by atoms with Crippen LogP contribution in [0.25, 0.3) is 11.1 Å². The Kier molecular flexibility index (Phi) is 15.3. The van der Waals surface area contributed by atoms with E-state index in [0.717, 1.165) is 66.4 Å². The normalized spacial score (nSPS) is 15.7. The molecule has 0 radical (unpaired) electrons.